The Morgan fingerprint density at radius 2 is 1.97 bits per heavy atom. The first-order chi connectivity index (χ1) is 13.3. The van der Waals surface area contributed by atoms with Gasteiger partial charge < -0.3 is 5.32 Å². The van der Waals surface area contributed by atoms with Crippen molar-refractivity contribution in [3.8, 4) is 0 Å². The highest BCUT2D eigenvalue weighted by Crippen LogP contribution is 2.48. The lowest BCUT2D eigenvalue weighted by Crippen LogP contribution is -2.43. The van der Waals surface area contributed by atoms with Crippen LogP contribution < -0.4 is 5.32 Å². The fraction of sp³-hybridized carbons (Fsp3) is 0.636. The van der Waals surface area contributed by atoms with E-state index >= 15 is 0 Å². The van der Waals surface area contributed by atoms with Crippen LogP contribution in [0.5, 0.6) is 0 Å². The van der Waals surface area contributed by atoms with Crippen molar-refractivity contribution in [3.63, 3.8) is 0 Å². The van der Waals surface area contributed by atoms with Gasteiger partial charge in [0.2, 0.25) is 0 Å². The number of hydrogen-bond donors (Lipinski definition) is 1. The topological polar surface area (TPSA) is 72.5 Å². The number of hydrogen-bond acceptors (Lipinski definition) is 4. The fourth-order valence-electron chi connectivity index (χ4n) is 4.82. The molecule has 0 spiro atoms. The summed E-state index contributed by atoms with van der Waals surface area (Å²) in [6.07, 6.45) is 11.1. The highest BCUT2D eigenvalue weighted by molar-refractivity contribution is 7.85. The average Bonchev–Trinajstić information content (AvgIpc) is 2.64. The van der Waals surface area contributed by atoms with Crippen LogP contribution in [0.25, 0.3) is 0 Å². The van der Waals surface area contributed by atoms with Crippen LogP contribution in [0.3, 0.4) is 0 Å². The Hall–Kier alpha value is -1.11. The molecule has 0 unspecified atom stereocenters. The fourth-order valence-corrected chi connectivity index (χ4v) is 5.45. The second kappa shape index (κ2) is 10.3. The number of nitrogens with one attached hydrogen (secondary N) is 1. The van der Waals surface area contributed by atoms with Crippen LogP contribution in [-0.4, -0.2) is 33.7 Å². The zero-order valence-electron chi connectivity index (χ0n) is 17.2. The van der Waals surface area contributed by atoms with Gasteiger partial charge in [-0.1, -0.05) is 50.8 Å². The Kier molecular flexibility index (Phi) is 8.56. The Morgan fingerprint density at radius 1 is 1.28 bits per heavy atom. The molecule has 2 fully saturated rings. The van der Waals surface area contributed by atoms with Gasteiger partial charge >= 0.3 is 0 Å². The van der Waals surface area contributed by atoms with Gasteiger partial charge in [-0.25, -0.2) is 0 Å². The van der Waals surface area contributed by atoms with Gasteiger partial charge in [0.1, 0.15) is 0 Å². The Bertz CT molecular complexity index is 799. The van der Waals surface area contributed by atoms with Gasteiger partial charge in [0.15, 0.2) is 0 Å². The van der Waals surface area contributed by atoms with E-state index in [9.17, 15) is 13.2 Å². The number of aryl methyl sites for hydroxylation is 1. The molecule has 2 aliphatic rings. The van der Waals surface area contributed by atoms with Crippen molar-refractivity contribution in [2.75, 3.05) is 19.4 Å². The van der Waals surface area contributed by atoms with Crippen LogP contribution >= 0.6 is 11.6 Å². The number of rotatable bonds is 8. The van der Waals surface area contributed by atoms with Crippen molar-refractivity contribution in [3.05, 3.63) is 41.8 Å². The lowest BCUT2D eigenvalue weighted by Gasteiger charge is -2.45. The largest absolute Gasteiger partial charge is 0.351 e. The Balaban J connectivity index is 0.00000300. The highest BCUT2D eigenvalue weighted by atomic mass is 35.5. The smallest absolute Gasteiger partial charge is 0.264 e. The van der Waals surface area contributed by atoms with E-state index < -0.39 is 10.1 Å². The molecule has 2 bridgehead atoms. The maximum Gasteiger partial charge on any atom is 0.264 e. The normalized spacial score (nSPS) is 23.9. The molecule has 3 rings (SSSR count). The SMILES string of the molecule is CS(=O)(=O)OCCCc1ccc(Cl)c(C(=O)NCC23CCCC(CCC2)C3)c1.[CH2]. The molecular weight excluding hydrogens is 410 g/mol. The molecule has 0 saturated heterocycles. The monoisotopic (exact) mass is 441 g/mol. The number of amides is 1. The molecule has 2 radical (unpaired) electrons. The number of carbonyl (C=O) groups is 1. The predicted molar refractivity (Wildman–Crippen MR) is 117 cm³/mol. The number of fused-ring (bicyclic) bond motifs is 2. The molecule has 0 atom stereocenters. The summed E-state index contributed by atoms with van der Waals surface area (Å²) >= 11 is 6.27. The molecule has 7 heteroatoms. The summed E-state index contributed by atoms with van der Waals surface area (Å²) in [6.45, 7) is 0.859. The summed E-state index contributed by atoms with van der Waals surface area (Å²) in [6, 6.07) is 5.41. The van der Waals surface area contributed by atoms with Gasteiger partial charge in [0.25, 0.3) is 16.0 Å². The summed E-state index contributed by atoms with van der Waals surface area (Å²) in [4.78, 5) is 12.8. The van der Waals surface area contributed by atoms with Crippen molar-refractivity contribution < 1.29 is 17.4 Å². The molecule has 1 N–H and O–H groups in total. The minimum absolute atomic E-state index is 0. The summed E-state index contributed by atoms with van der Waals surface area (Å²) in [5.41, 5.74) is 1.70. The van der Waals surface area contributed by atoms with Gasteiger partial charge in [-0.15, -0.1) is 0 Å². The molecule has 2 saturated carbocycles. The van der Waals surface area contributed by atoms with E-state index in [0.29, 0.717) is 23.4 Å². The van der Waals surface area contributed by atoms with Gasteiger partial charge in [-0.2, -0.15) is 8.42 Å². The van der Waals surface area contributed by atoms with Gasteiger partial charge in [-0.3, -0.25) is 8.98 Å². The first-order valence-corrected chi connectivity index (χ1v) is 12.4. The van der Waals surface area contributed by atoms with Crippen LogP contribution in [0.4, 0.5) is 0 Å². The maximum absolute atomic E-state index is 12.8. The van der Waals surface area contributed by atoms with Gasteiger partial charge in [-0.05, 0) is 61.1 Å². The number of benzene rings is 1. The predicted octanol–water partition coefficient (Wildman–Crippen LogP) is 4.67. The third-order valence-electron chi connectivity index (χ3n) is 6.17. The maximum atomic E-state index is 12.8. The zero-order valence-corrected chi connectivity index (χ0v) is 18.8. The first-order valence-electron chi connectivity index (χ1n) is 10.2. The van der Waals surface area contributed by atoms with Crippen LogP contribution in [0, 0.1) is 18.8 Å². The standard InChI is InChI=1S/C21H30ClNO4S.CH2/c1-28(25,26)27-12-4-7-16-8-9-19(22)18(13-16)20(24)23-15-21-10-2-5-17(14-21)6-3-11-21;/h8-9,13,17H,2-7,10-12,14-15H2,1H3,(H,23,24);1H2. The van der Waals surface area contributed by atoms with Gasteiger partial charge in [0, 0.05) is 6.54 Å². The molecule has 1 amide bonds. The van der Waals surface area contributed by atoms with E-state index in [0.717, 1.165) is 24.3 Å². The molecule has 0 aromatic heterocycles. The first kappa shape index (κ1) is 24.2. The minimum Gasteiger partial charge on any atom is -0.351 e. The van der Waals surface area contributed by atoms with Crippen molar-refractivity contribution in [2.45, 2.75) is 57.8 Å². The molecule has 162 valence electrons. The zero-order chi connectivity index (χ0) is 20.2. The van der Waals surface area contributed by atoms with E-state index in [4.69, 9.17) is 15.8 Å². The highest BCUT2D eigenvalue weighted by Gasteiger charge is 2.39. The van der Waals surface area contributed by atoms with Crippen LogP contribution in [0.1, 0.15) is 67.3 Å². The summed E-state index contributed by atoms with van der Waals surface area (Å²) in [5.74, 6) is 0.710. The van der Waals surface area contributed by atoms with Crippen molar-refractivity contribution in [1.29, 1.82) is 0 Å². The van der Waals surface area contributed by atoms with E-state index in [1.165, 1.54) is 44.9 Å². The second-order valence-corrected chi connectivity index (χ2v) is 10.5. The molecular formula is C22H32ClNO4S. The summed E-state index contributed by atoms with van der Waals surface area (Å²) in [5, 5.41) is 3.58. The van der Waals surface area contributed by atoms with Crippen molar-refractivity contribution in [2.24, 2.45) is 11.3 Å². The van der Waals surface area contributed by atoms with E-state index in [1.54, 1.807) is 12.1 Å². The van der Waals surface area contributed by atoms with E-state index in [1.807, 2.05) is 6.07 Å². The Morgan fingerprint density at radius 3 is 2.62 bits per heavy atom. The van der Waals surface area contributed by atoms with Gasteiger partial charge in [0.05, 0.1) is 23.4 Å². The molecule has 29 heavy (non-hydrogen) atoms. The third-order valence-corrected chi connectivity index (χ3v) is 7.09. The lowest BCUT2D eigenvalue weighted by atomic mass is 9.62. The minimum atomic E-state index is -3.42. The molecule has 2 aliphatic carbocycles. The molecule has 0 aliphatic heterocycles. The second-order valence-electron chi connectivity index (χ2n) is 8.48. The molecule has 1 aromatic rings. The molecule has 5 nitrogen and oxygen atoms in total. The molecule has 1 aromatic carbocycles. The summed E-state index contributed by atoms with van der Waals surface area (Å²) in [7, 11) is -3.42. The number of carbonyl (C=O) groups excluding carboxylic acids is 1. The van der Waals surface area contributed by atoms with Crippen molar-refractivity contribution >= 4 is 27.6 Å². The molecule has 0 heterocycles. The van der Waals surface area contributed by atoms with Crippen LogP contribution in [0.2, 0.25) is 5.02 Å². The van der Waals surface area contributed by atoms with Crippen LogP contribution in [-0.2, 0) is 20.7 Å². The quantitative estimate of drug-likeness (QED) is 0.470. The lowest BCUT2D eigenvalue weighted by molar-refractivity contribution is 0.0681. The van der Waals surface area contributed by atoms with E-state index in [2.05, 4.69) is 5.32 Å². The van der Waals surface area contributed by atoms with Crippen LogP contribution in [0.15, 0.2) is 18.2 Å². The van der Waals surface area contributed by atoms with Crippen molar-refractivity contribution in [1.82, 2.24) is 5.32 Å². The average molecular weight is 442 g/mol. The Labute approximate surface area is 180 Å². The number of halogens is 1. The van der Waals surface area contributed by atoms with E-state index in [-0.39, 0.29) is 25.4 Å². The third kappa shape index (κ3) is 6.97. The summed E-state index contributed by atoms with van der Waals surface area (Å²) < 4.78 is 26.8.